The first kappa shape index (κ1) is 14.3. The number of alkyl halides is 3. The second-order valence-electron chi connectivity index (χ2n) is 5.01. The quantitative estimate of drug-likeness (QED) is 0.915. The average molecular weight is 273 g/mol. The molecule has 2 nitrogen and oxygen atoms in total. The van der Waals surface area contributed by atoms with Crippen molar-refractivity contribution >= 4 is 0 Å². The third-order valence-corrected chi connectivity index (χ3v) is 3.43. The molecular weight excluding hydrogens is 255 g/mol. The zero-order valence-electron chi connectivity index (χ0n) is 10.6. The number of rotatable bonds is 4. The van der Waals surface area contributed by atoms with Crippen molar-refractivity contribution in [3.8, 4) is 0 Å². The Hall–Kier alpha value is -1.07. The molecule has 0 heterocycles. The summed E-state index contributed by atoms with van der Waals surface area (Å²) in [5.74, 6) is -3.10. The maximum Gasteiger partial charge on any atom is 0.296 e. The van der Waals surface area contributed by atoms with E-state index in [1.807, 2.05) is 0 Å². The molecule has 19 heavy (non-hydrogen) atoms. The second kappa shape index (κ2) is 5.92. The molecule has 5 heteroatoms. The van der Waals surface area contributed by atoms with E-state index in [1.54, 1.807) is 18.2 Å². The van der Waals surface area contributed by atoms with Crippen LogP contribution in [0, 0.1) is 0 Å². The van der Waals surface area contributed by atoms with Crippen LogP contribution in [0.4, 0.5) is 13.2 Å². The van der Waals surface area contributed by atoms with Gasteiger partial charge in [0.15, 0.2) is 0 Å². The summed E-state index contributed by atoms with van der Waals surface area (Å²) in [7, 11) is 0. The Labute approximate surface area is 110 Å². The molecular formula is C14H18F3NO. The van der Waals surface area contributed by atoms with Gasteiger partial charge in [-0.15, -0.1) is 0 Å². The van der Waals surface area contributed by atoms with Crippen molar-refractivity contribution in [1.29, 1.82) is 0 Å². The summed E-state index contributed by atoms with van der Waals surface area (Å²) in [6.07, 6.45) is -0.832. The standard InChI is InChI=1S/C14H18F3NO/c15-12-8-11(18)6-7-13(12)19-9-14(16,17)10-4-2-1-3-5-10/h1-5,11-13H,6-9,18H2/t11-,12-,13-/m0/s1. The van der Waals surface area contributed by atoms with Crippen LogP contribution in [-0.2, 0) is 10.7 Å². The van der Waals surface area contributed by atoms with E-state index in [0.717, 1.165) is 0 Å². The Kier molecular flexibility index (Phi) is 4.47. The highest BCUT2D eigenvalue weighted by Gasteiger charge is 2.36. The molecule has 0 amide bonds. The van der Waals surface area contributed by atoms with Crippen molar-refractivity contribution in [1.82, 2.24) is 0 Å². The van der Waals surface area contributed by atoms with Gasteiger partial charge < -0.3 is 10.5 Å². The molecule has 0 spiro atoms. The van der Waals surface area contributed by atoms with E-state index < -0.39 is 24.8 Å². The minimum atomic E-state index is -3.10. The van der Waals surface area contributed by atoms with Crippen molar-refractivity contribution < 1.29 is 17.9 Å². The van der Waals surface area contributed by atoms with Crippen molar-refractivity contribution in [2.24, 2.45) is 5.73 Å². The lowest BCUT2D eigenvalue weighted by molar-refractivity contribution is -0.126. The van der Waals surface area contributed by atoms with Crippen molar-refractivity contribution in [2.45, 2.75) is 43.5 Å². The highest BCUT2D eigenvalue weighted by atomic mass is 19.3. The SMILES string of the molecule is N[C@H]1CC[C@H](OCC(F)(F)c2ccccc2)[C@@H](F)C1. The topological polar surface area (TPSA) is 35.2 Å². The molecule has 1 saturated carbocycles. The van der Waals surface area contributed by atoms with Crippen LogP contribution < -0.4 is 5.73 Å². The molecule has 0 saturated heterocycles. The molecule has 0 radical (unpaired) electrons. The summed E-state index contributed by atoms with van der Waals surface area (Å²) in [5, 5.41) is 0. The number of hydrogen-bond acceptors (Lipinski definition) is 2. The lowest BCUT2D eigenvalue weighted by Crippen LogP contribution is -2.40. The van der Waals surface area contributed by atoms with Crippen LogP contribution in [0.15, 0.2) is 30.3 Å². The Morgan fingerprint density at radius 3 is 2.53 bits per heavy atom. The zero-order chi connectivity index (χ0) is 13.9. The Balaban J connectivity index is 1.91. The van der Waals surface area contributed by atoms with Gasteiger partial charge in [-0.05, 0) is 19.3 Å². The summed E-state index contributed by atoms with van der Waals surface area (Å²) in [6.45, 7) is -0.794. The van der Waals surface area contributed by atoms with E-state index in [4.69, 9.17) is 10.5 Å². The minimum absolute atomic E-state index is 0.113. The van der Waals surface area contributed by atoms with Gasteiger partial charge in [-0.1, -0.05) is 30.3 Å². The van der Waals surface area contributed by atoms with Crippen molar-refractivity contribution in [2.75, 3.05) is 6.61 Å². The Bertz CT molecular complexity index is 399. The zero-order valence-corrected chi connectivity index (χ0v) is 10.6. The third-order valence-electron chi connectivity index (χ3n) is 3.43. The van der Waals surface area contributed by atoms with Gasteiger partial charge in [0.1, 0.15) is 12.8 Å². The fourth-order valence-electron chi connectivity index (χ4n) is 2.28. The van der Waals surface area contributed by atoms with Crippen molar-refractivity contribution in [3.63, 3.8) is 0 Å². The normalized spacial score (nSPS) is 28.3. The number of benzene rings is 1. The van der Waals surface area contributed by atoms with E-state index in [1.165, 1.54) is 12.1 Å². The Morgan fingerprint density at radius 2 is 1.89 bits per heavy atom. The third kappa shape index (κ3) is 3.70. The number of ether oxygens (including phenoxy) is 1. The largest absolute Gasteiger partial charge is 0.369 e. The highest BCUT2D eigenvalue weighted by molar-refractivity contribution is 5.19. The lowest BCUT2D eigenvalue weighted by Gasteiger charge is -2.31. The first-order valence-corrected chi connectivity index (χ1v) is 6.43. The number of halogens is 3. The predicted molar refractivity (Wildman–Crippen MR) is 66.8 cm³/mol. The smallest absolute Gasteiger partial charge is 0.296 e. The van der Waals surface area contributed by atoms with Gasteiger partial charge in [0.25, 0.3) is 5.92 Å². The average Bonchev–Trinajstić information content (AvgIpc) is 2.39. The summed E-state index contributed by atoms with van der Waals surface area (Å²) in [4.78, 5) is 0. The molecule has 0 aromatic heterocycles. The first-order chi connectivity index (χ1) is 8.99. The van der Waals surface area contributed by atoms with E-state index in [2.05, 4.69) is 0 Å². The number of nitrogens with two attached hydrogens (primary N) is 1. The van der Waals surface area contributed by atoms with Gasteiger partial charge in [0.05, 0.1) is 6.10 Å². The minimum Gasteiger partial charge on any atom is -0.369 e. The fourth-order valence-corrected chi connectivity index (χ4v) is 2.28. The molecule has 106 valence electrons. The maximum atomic E-state index is 13.8. The molecule has 2 rings (SSSR count). The van der Waals surface area contributed by atoms with Crippen LogP contribution in [0.3, 0.4) is 0 Å². The van der Waals surface area contributed by atoms with E-state index in [0.29, 0.717) is 12.8 Å². The molecule has 0 aliphatic heterocycles. The molecule has 1 aromatic carbocycles. The number of hydrogen-bond donors (Lipinski definition) is 1. The maximum absolute atomic E-state index is 13.8. The lowest BCUT2D eigenvalue weighted by atomic mass is 9.92. The van der Waals surface area contributed by atoms with Gasteiger partial charge in [0, 0.05) is 11.6 Å². The van der Waals surface area contributed by atoms with Gasteiger partial charge in [-0.25, -0.2) is 4.39 Å². The first-order valence-electron chi connectivity index (χ1n) is 6.43. The van der Waals surface area contributed by atoms with Crippen LogP contribution in [-0.4, -0.2) is 24.9 Å². The summed E-state index contributed by atoms with van der Waals surface area (Å²) in [5.41, 5.74) is 5.50. The molecule has 1 aliphatic rings. The highest BCUT2D eigenvalue weighted by Crippen LogP contribution is 2.30. The van der Waals surface area contributed by atoms with Crippen LogP contribution in [0.25, 0.3) is 0 Å². The predicted octanol–water partition coefficient (Wildman–Crippen LogP) is 3.01. The van der Waals surface area contributed by atoms with Gasteiger partial charge in [0.2, 0.25) is 0 Å². The molecule has 2 N–H and O–H groups in total. The Morgan fingerprint density at radius 1 is 1.21 bits per heavy atom. The van der Waals surface area contributed by atoms with E-state index in [9.17, 15) is 13.2 Å². The van der Waals surface area contributed by atoms with Gasteiger partial charge >= 0.3 is 0 Å². The second-order valence-corrected chi connectivity index (χ2v) is 5.01. The van der Waals surface area contributed by atoms with Gasteiger partial charge in [-0.3, -0.25) is 0 Å². The molecule has 1 aliphatic carbocycles. The molecule has 1 fully saturated rings. The summed E-state index contributed by atoms with van der Waals surface area (Å²) in [6, 6.07) is 7.24. The molecule has 1 aromatic rings. The van der Waals surface area contributed by atoms with Crippen LogP contribution in [0.2, 0.25) is 0 Å². The summed E-state index contributed by atoms with van der Waals surface area (Å²) < 4.78 is 46.4. The van der Waals surface area contributed by atoms with E-state index >= 15 is 0 Å². The van der Waals surface area contributed by atoms with Crippen LogP contribution in [0.1, 0.15) is 24.8 Å². The fraction of sp³-hybridized carbons (Fsp3) is 0.571. The summed E-state index contributed by atoms with van der Waals surface area (Å²) >= 11 is 0. The monoisotopic (exact) mass is 273 g/mol. The van der Waals surface area contributed by atoms with Gasteiger partial charge in [-0.2, -0.15) is 8.78 Å². The molecule has 0 bridgehead atoms. The molecule has 0 unspecified atom stereocenters. The van der Waals surface area contributed by atoms with Crippen molar-refractivity contribution in [3.05, 3.63) is 35.9 Å². The van der Waals surface area contributed by atoms with E-state index in [-0.39, 0.29) is 18.0 Å². The molecule has 3 atom stereocenters. The van der Waals surface area contributed by atoms with Crippen LogP contribution >= 0.6 is 0 Å². The van der Waals surface area contributed by atoms with Crippen LogP contribution in [0.5, 0.6) is 0 Å².